The number of nitrogens with zero attached hydrogens (tertiary/aromatic N) is 1. The average Bonchev–Trinajstić information content (AvgIpc) is 3.04. The highest BCUT2D eigenvalue weighted by atomic mass is 32.1. The summed E-state index contributed by atoms with van der Waals surface area (Å²) < 4.78 is 0. The summed E-state index contributed by atoms with van der Waals surface area (Å²) in [5.74, 6) is -2.93. The van der Waals surface area contributed by atoms with E-state index < -0.39 is 23.2 Å². The number of nitrogens with one attached hydrogen (secondary N) is 2. The van der Waals surface area contributed by atoms with Gasteiger partial charge in [0.2, 0.25) is 5.91 Å². The van der Waals surface area contributed by atoms with Crippen LogP contribution in [0.25, 0.3) is 0 Å². The Bertz CT molecular complexity index is 915. The molecule has 7 nitrogen and oxygen atoms in total. The van der Waals surface area contributed by atoms with Crippen LogP contribution >= 0.6 is 11.3 Å². The quantitative estimate of drug-likeness (QED) is 0.729. The van der Waals surface area contributed by atoms with E-state index in [0.29, 0.717) is 16.4 Å². The van der Waals surface area contributed by atoms with Gasteiger partial charge >= 0.3 is 5.97 Å². The highest BCUT2D eigenvalue weighted by molar-refractivity contribution is 7.15. The lowest BCUT2D eigenvalue weighted by atomic mass is 10.1. The van der Waals surface area contributed by atoms with Crippen LogP contribution in [-0.2, 0) is 9.59 Å². The topological polar surface area (TPSA) is 108 Å². The van der Waals surface area contributed by atoms with E-state index >= 15 is 0 Å². The number of hydrogen-bond acceptors (Lipinski definition) is 5. The van der Waals surface area contributed by atoms with E-state index in [9.17, 15) is 19.5 Å². The molecule has 0 spiro atoms. The third-order valence-corrected chi connectivity index (χ3v) is 6.01. The summed E-state index contributed by atoms with van der Waals surface area (Å²) in [5, 5.41) is 15.2. The molecule has 8 heteroatoms. The smallest absolute Gasteiger partial charge is 0.307 e. The number of carbonyl (C=O) groups is 3. The van der Waals surface area contributed by atoms with E-state index in [1.165, 1.54) is 11.3 Å². The van der Waals surface area contributed by atoms with Gasteiger partial charge < -0.3 is 10.4 Å². The van der Waals surface area contributed by atoms with Crippen LogP contribution in [0.2, 0.25) is 0 Å². The molecule has 142 valence electrons. The summed E-state index contributed by atoms with van der Waals surface area (Å²) in [6.07, 6.45) is 0. The zero-order valence-corrected chi connectivity index (χ0v) is 16.3. The number of anilines is 2. The molecule has 2 aromatic rings. The molecule has 2 amide bonds. The standard InChI is InChI=1S/C19H21N3O4S/c1-9-10(2)27-18(20-9)22-15(23)11-6-5-7-12(8-11)21-16(24)13-14(17(25)26)19(13,3)4/h5-8,13-14H,1-4H3,(H,21,24)(H,25,26)(H,20,22,23)/t13-,14-/m0/s1. The Hall–Kier alpha value is -2.74. The Labute approximate surface area is 160 Å². The van der Waals surface area contributed by atoms with Crippen LogP contribution in [0, 0.1) is 31.1 Å². The van der Waals surface area contributed by atoms with E-state index in [-0.39, 0.29) is 11.8 Å². The number of aryl methyl sites for hydroxylation is 2. The number of carbonyl (C=O) groups excluding carboxylic acids is 2. The normalized spacial score (nSPS) is 20.0. The third-order valence-electron chi connectivity index (χ3n) is 5.02. The molecule has 0 saturated heterocycles. The van der Waals surface area contributed by atoms with Gasteiger partial charge in [-0.25, -0.2) is 4.98 Å². The van der Waals surface area contributed by atoms with E-state index in [0.717, 1.165) is 10.6 Å². The zero-order valence-electron chi connectivity index (χ0n) is 15.5. The van der Waals surface area contributed by atoms with Crippen molar-refractivity contribution in [2.75, 3.05) is 10.6 Å². The first-order chi connectivity index (χ1) is 12.6. The highest BCUT2D eigenvalue weighted by Gasteiger charge is 2.65. The van der Waals surface area contributed by atoms with Crippen molar-refractivity contribution < 1.29 is 19.5 Å². The van der Waals surface area contributed by atoms with Crippen LogP contribution in [0.15, 0.2) is 24.3 Å². The van der Waals surface area contributed by atoms with Crippen molar-refractivity contribution in [3.05, 3.63) is 40.4 Å². The van der Waals surface area contributed by atoms with Gasteiger partial charge in [0, 0.05) is 16.1 Å². The largest absolute Gasteiger partial charge is 0.481 e. The molecular weight excluding hydrogens is 366 g/mol. The van der Waals surface area contributed by atoms with Crippen molar-refractivity contribution in [2.24, 2.45) is 17.3 Å². The fourth-order valence-corrected chi connectivity index (χ4v) is 4.05. The lowest BCUT2D eigenvalue weighted by Crippen LogP contribution is -2.18. The molecular formula is C19H21N3O4S. The summed E-state index contributed by atoms with van der Waals surface area (Å²) in [6.45, 7) is 7.33. The molecule has 0 radical (unpaired) electrons. The highest BCUT2D eigenvalue weighted by Crippen LogP contribution is 2.58. The Balaban J connectivity index is 1.69. The number of amides is 2. The van der Waals surface area contributed by atoms with E-state index in [2.05, 4.69) is 15.6 Å². The van der Waals surface area contributed by atoms with Gasteiger partial charge in [-0.15, -0.1) is 11.3 Å². The number of aliphatic carboxylic acids is 1. The number of benzene rings is 1. The van der Waals surface area contributed by atoms with E-state index in [1.807, 2.05) is 13.8 Å². The van der Waals surface area contributed by atoms with Crippen LogP contribution in [0.1, 0.15) is 34.8 Å². The fourth-order valence-electron chi connectivity index (χ4n) is 3.24. The lowest BCUT2D eigenvalue weighted by molar-refractivity contribution is -0.140. The minimum atomic E-state index is -0.970. The van der Waals surface area contributed by atoms with Crippen LogP contribution in [0.3, 0.4) is 0 Å². The van der Waals surface area contributed by atoms with Crippen LogP contribution in [-0.4, -0.2) is 27.9 Å². The van der Waals surface area contributed by atoms with Gasteiger partial charge in [0.05, 0.1) is 17.5 Å². The van der Waals surface area contributed by atoms with Gasteiger partial charge in [-0.05, 0) is 37.5 Å². The van der Waals surface area contributed by atoms with E-state index in [1.54, 1.807) is 38.1 Å². The lowest BCUT2D eigenvalue weighted by Gasteiger charge is -2.08. The monoisotopic (exact) mass is 387 g/mol. The second kappa shape index (κ2) is 6.77. The summed E-state index contributed by atoms with van der Waals surface area (Å²) in [4.78, 5) is 41.4. The van der Waals surface area contributed by atoms with Gasteiger partial charge in [0.15, 0.2) is 5.13 Å². The molecule has 3 N–H and O–H groups in total. The average molecular weight is 387 g/mol. The van der Waals surface area contributed by atoms with Gasteiger partial charge in [-0.3, -0.25) is 19.7 Å². The first-order valence-electron chi connectivity index (χ1n) is 8.50. The van der Waals surface area contributed by atoms with Crippen LogP contribution < -0.4 is 10.6 Å². The molecule has 1 aromatic carbocycles. The predicted molar refractivity (Wildman–Crippen MR) is 103 cm³/mol. The second-order valence-corrected chi connectivity index (χ2v) is 8.50. The molecule has 1 aliphatic carbocycles. The Morgan fingerprint density at radius 2 is 1.85 bits per heavy atom. The molecule has 1 saturated carbocycles. The van der Waals surface area contributed by atoms with Gasteiger partial charge in [0.1, 0.15) is 0 Å². The molecule has 1 heterocycles. The molecule has 0 aliphatic heterocycles. The Morgan fingerprint density at radius 3 is 2.41 bits per heavy atom. The molecule has 3 rings (SSSR count). The van der Waals surface area contributed by atoms with Crippen LogP contribution in [0.4, 0.5) is 10.8 Å². The molecule has 2 atom stereocenters. The zero-order chi connectivity index (χ0) is 19.9. The predicted octanol–water partition coefficient (Wildman–Crippen LogP) is 3.31. The van der Waals surface area contributed by atoms with Crippen molar-refractivity contribution in [1.82, 2.24) is 4.98 Å². The van der Waals surface area contributed by atoms with Gasteiger partial charge in [-0.2, -0.15) is 0 Å². The summed E-state index contributed by atoms with van der Waals surface area (Å²) in [7, 11) is 0. The maximum atomic E-state index is 12.4. The summed E-state index contributed by atoms with van der Waals surface area (Å²) >= 11 is 1.40. The van der Waals surface area contributed by atoms with Crippen molar-refractivity contribution in [3.63, 3.8) is 0 Å². The number of carboxylic acids is 1. The third kappa shape index (κ3) is 3.71. The first-order valence-corrected chi connectivity index (χ1v) is 9.32. The summed E-state index contributed by atoms with van der Waals surface area (Å²) in [5.41, 5.74) is 1.12. The number of hydrogen-bond donors (Lipinski definition) is 3. The fraction of sp³-hybridized carbons (Fsp3) is 0.368. The molecule has 1 aliphatic rings. The maximum Gasteiger partial charge on any atom is 0.307 e. The number of rotatable bonds is 5. The van der Waals surface area contributed by atoms with E-state index in [4.69, 9.17) is 0 Å². The molecule has 0 bridgehead atoms. The van der Waals surface area contributed by atoms with Crippen LogP contribution in [0.5, 0.6) is 0 Å². The molecule has 27 heavy (non-hydrogen) atoms. The second-order valence-electron chi connectivity index (χ2n) is 7.30. The first kappa shape index (κ1) is 19.0. The number of thiazole rings is 1. The molecule has 0 unspecified atom stereocenters. The molecule has 1 fully saturated rings. The van der Waals surface area contributed by atoms with Crippen molar-refractivity contribution in [3.8, 4) is 0 Å². The van der Waals surface area contributed by atoms with Crippen molar-refractivity contribution in [1.29, 1.82) is 0 Å². The van der Waals surface area contributed by atoms with Gasteiger partial charge in [-0.1, -0.05) is 19.9 Å². The minimum absolute atomic E-state index is 0.324. The molecule has 1 aromatic heterocycles. The SMILES string of the molecule is Cc1nc(NC(=O)c2cccc(NC(=O)[C@@H]3[C@@H](C(=O)O)C3(C)C)c2)sc1C. The van der Waals surface area contributed by atoms with Crippen molar-refractivity contribution in [2.45, 2.75) is 27.7 Å². The number of aromatic nitrogens is 1. The summed E-state index contributed by atoms with van der Waals surface area (Å²) in [6, 6.07) is 6.53. The van der Waals surface area contributed by atoms with Crippen molar-refractivity contribution >= 4 is 39.9 Å². The Morgan fingerprint density at radius 1 is 1.15 bits per heavy atom. The maximum absolute atomic E-state index is 12.4. The minimum Gasteiger partial charge on any atom is -0.481 e. The Kier molecular flexibility index (Phi) is 4.77. The van der Waals surface area contributed by atoms with Gasteiger partial charge in [0.25, 0.3) is 5.91 Å². The number of carboxylic acid groups (broad SMARTS) is 1.